The first kappa shape index (κ1) is 26.8. The first-order valence-corrected chi connectivity index (χ1v) is 11.9. The third kappa shape index (κ3) is 5.57. The van der Waals surface area contributed by atoms with E-state index < -0.39 is 15.9 Å². The monoisotopic (exact) mass is 523 g/mol. The molecule has 2 aromatic carbocycles. The zero-order chi connectivity index (χ0) is 24.5. The van der Waals surface area contributed by atoms with E-state index in [-0.39, 0.29) is 40.1 Å². The number of aryl methyl sites for hydroxylation is 1. The van der Waals surface area contributed by atoms with Crippen LogP contribution in [0.1, 0.15) is 10.5 Å². The number of halogens is 1. The predicted octanol–water partition coefficient (Wildman–Crippen LogP) is 3.73. The quantitative estimate of drug-likeness (QED) is 0.355. The molecule has 0 bridgehead atoms. The minimum atomic E-state index is -4.10. The van der Waals surface area contributed by atoms with Gasteiger partial charge < -0.3 is 19.4 Å². The molecule has 1 radical (unpaired) electrons. The Morgan fingerprint density at radius 3 is 2.40 bits per heavy atom. The van der Waals surface area contributed by atoms with E-state index in [1.165, 1.54) is 38.5 Å². The number of nitrogens with zero attached hydrogens (tertiary/aromatic N) is 2. The van der Waals surface area contributed by atoms with E-state index in [0.717, 1.165) is 0 Å². The number of methoxy groups -OCH3 is 2. The number of benzene rings is 2. The van der Waals surface area contributed by atoms with Crippen molar-refractivity contribution in [2.75, 3.05) is 19.5 Å². The van der Waals surface area contributed by atoms with E-state index >= 15 is 0 Å². The molecule has 0 unspecified atom stereocenters. The summed E-state index contributed by atoms with van der Waals surface area (Å²) in [5, 5.41) is 4.21. The van der Waals surface area contributed by atoms with Gasteiger partial charge in [0.25, 0.3) is 15.9 Å². The summed E-state index contributed by atoms with van der Waals surface area (Å²) in [4.78, 5) is 17.3. The molecule has 12 heteroatoms. The number of carbonyl (C=O) groups excluding carboxylic acids is 1. The molecule has 2 aromatic heterocycles. The summed E-state index contributed by atoms with van der Waals surface area (Å²) in [5.74, 6) is 0.669. The average Bonchev–Trinajstić information content (AvgIpc) is 3.19. The first-order chi connectivity index (χ1) is 16.2. The maximum absolute atomic E-state index is 13.0. The van der Waals surface area contributed by atoms with E-state index in [9.17, 15) is 13.2 Å². The van der Waals surface area contributed by atoms with Crippen LogP contribution in [0.5, 0.6) is 11.6 Å². The summed E-state index contributed by atoms with van der Waals surface area (Å²) in [5.41, 5.74) is 1.30. The van der Waals surface area contributed by atoms with Crippen molar-refractivity contribution in [3.63, 3.8) is 0 Å². The Kier molecular flexibility index (Phi) is 8.34. The summed E-state index contributed by atoms with van der Waals surface area (Å²) in [6, 6.07) is 16.0. The van der Waals surface area contributed by atoms with Crippen molar-refractivity contribution in [2.24, 2.45) is 7.05 Å². The molecule has 0 aliphatic carbocycles. The number of hydrogen-bond acceptors (Lipinski definition) is 7. The summed E-state index contributed by atoms with van der Waals surface area (Å²) >= 11 is 6.41. The number of aromatic nitrogens is 2. The predicted molar refractivity (Wildman–Crippen MR) is 135 cm³/mol. The molecule has 0 atom stereocenters. The Hall–Kier alpha value is -2.76. The van der Waals surface area contributed by atoms with Gasteiger partial charge in [-0.3, -0.25) is 4.79 Å². The molecule has 9 nitrogen and oxygen atoms in total. The molecular formula is C23H21ClN4NaO5S. The Labute approximate surface area is 229 Å². The second-order valence-corrected chi connectivity index (χ2v) is 9.34. The van der Waals surface area contributed by atoms with E-state index in [0.29, 0.717) is 39.1 Å². The van der Waals surface area contributed by atoms with Crippen LogP contribution >= 0.6 is 11.6 Å². The molecule has 0 saturated heterocycles. The van der Waals surface area contributed by atoms with Crippen LogP contribution in [-0.4, -0.2) is 67.7 Å². The van der Waals surface area contributed by atoms with Crippen LogP contribution in [-0.2, 0) is 17.1 Å². The fourth-order valence-electron chi connectivity index (χ4n) is 3.47. The molecular weight excluding hydrogens is 503 g/mol. The number of anilines is 2. The van der Waals surface area contributed by atoms with Crippen LogP contribution in [0.2, 0.25) is 5.02 Å². The van der Waals surface area contributed by atoms with Gasteiger partial charge in [-0.1, -0.05) is 17.7 Å². The zero-order valence-corrected chi connectivity index (χ0v) is 23.1. The number of hydrogen-bond donors (Lipinski definition) is 2. The van der Waals surface area contributed by atoms with Crippen molar-refractivity contribution in [1.29, 1.82) is 0 Å². The van der Waals surface area contributed by atoms with Gasteiger partial charge in [-0.05, 0) is 48.5 Å². The van der Waals surface area contributed by atoms with E-state index in [1.807, 2.05) is 0 Å². The Morgan fingerprint density at radius 2 is 1.74 bits per heavy atom. The van der Waals surface area contributed by atoms with Crippen LogP contribution in [0.3, 0.4) is 0 Å². The number of carbonyl (C=O) groups is 1. The van der Waals surface area contributed by atoms with Gasteiger partial charge in [0.15, 0.2) is 0 Å². The Bertz CT molecular complexity index is 1490. The number of ether oxygens (including phenoxy) is 2. The topological polar surface area (TPSA) is 112 Å². The third-order valence-electron chi connectivity index (χ3n) is 5.17. The van der Waals surface area contributed by atoms with Crippen LogP contribution < -0.4 is 19.5 Å². The molecule has 2 N–H and O–H groups in total. The molecule has 2 heterocycles. The van der Waals surface area contributed by atoms with Crippen molar-refractivity contribution in [3.8, 4) is 11.6 Å². The standard InChI is InChI=1S/C23H21ClN4O5S.Na/c1-28-19(23(29)27-34(30,31)15-9-7-14(32-2)8-10-15)13-16-18(12-11-17(24)22(16)28)25-20-5-4-6-21(26-20)33-3;/h4-13H,1-3H3,(H,25,26)(H,27,29);. The summed E-state index contributed by atoms with van der Waals surface area (Å²) < 4.78 is 39.3. The van der Waals surface area contributed by atoms with Gasteiger partial charge in [0.2, 0.25) is 5.88 Å². The number of rotatable bonds is 7. The molecule has 0 aliphatic rings. The zero-order valence-electron chi connectivity index (χ0n) is 19.5. The summed E-state index contributed by atoms with van der Waals surface area (Å²) in [6.45, 7) is 0. The molecule has 0 saturated carbocycles. The van der Waals surface area contributed by atoms with Gasteiger partial charge in [-0.25, -0.2) is 13.1 Å². The number of sulfonamides is 1. The number of pyridine rings is 1. The first-order valence-electron chi connectivity index (χ1n) is 10.0. The van der Waals surface area contributed by atoms with Crippen molar-refractivity contribution in [1.82, 2.24) is 14.3 Å². The molecule has 0 spiro atoms. The minimum absolute atomic E-state index is 0. The fourth-order valence-corrected chi connectivity index (χ4v) is 4.73. The summed E-state index contributed by atoms with van der Waals surface area (Å²) in [7, 11) is 0.530. The van der Waals surface area contributed by atoms with Crippen LogP contribution in [0.4, 0.5) is 11.5 Å². The van der Waals surface area contributed by atoms with Gasteiger partial charge in [0.05, 0.1) is 29.7 Å². The Morgan fingerprint density at radius 1 is 1.03 bits per heavy atom. The third-order valence-corrected chi connectivity index (χ3v) is 6.82. The van der Waals surface area contributed by atoms with Gasteiger partial charge >= 0.3 is 0 Å². The maximum atomic E-state index is 13.0. The SMILES string of the molecule is COc1ccc(S(=O)(=O)NC(=O)c2cc3c(Nc4cccc(OC)n4)ccc(Cl)c3n2C)cc1.[Na]. The molecule has 177 valence electrons. The average molecular weight is 524 g/mol. The van der Waals surface area contributed by atoms with Crippen LogP contribution in [0.25, 0.3) is 10.9 Å². The second-order valence-electron chi connectivity index (χ2n) is 7.25. The summed E-state index contributed by atoms with van der Waals surface area (Å²) in [6.07, 6.45) is 0. The van der Waals surface area contributed by atoms with E-state index in [2.05, 4.69) is 15.0 Å². The molecule has 1 amide bonds. The largest absolute Gasteiger partial charge is 0.497 e. The molecule has 4 rings (SSSR count). The van der Waals surface area contributed by atoms with Crippen LogP contribution in [0, 0.1) is 0 Å². The van der Waals surface area contributed by atoms with Crippen molar-refractivity contribution < 1.29 is 22.7 Å². The van der Waals surface area contributed by atoms with Gasteiger partial charge in [-0.15, -0.1) is 0 Å². The second kappa shape index (κ2) is 10.9. The maximum Gasteiger partial charge on any atom is 0.281 e. The van der Waals surface area contributed by atoms with Gasteiger partial charge in [0.1, 0.15) is 17.3 Å². The molecule has 0 fully saturated rings. The number of nitrogens with one attached hydrogen (secondary N) is 2. The normalized spacial score (nSPS) is 11.0. The van der Waals surface area contributed by atoms with Crippen molar-refractivity contribution in [3.05, 3.63) is 71.4 Å². The van der Waals surface area contributed by atoms with Gasteiger partial charge in [0, 0.05) is 53.7 Å². The van der Waals surface area contributed by atoms with Crippen molar-refractivity contribution >= 4 is 79.5 Å². The molecule has 35 heavy (non-hydrogen) atoms. The smallest absolute Gasteiger partial charge is 0.281 e. The number of fused-ring (bicyclic) bond motifs is 1. The van der Waals surface area contributed by atoms with Crippen molar-refractivity contribution in [2.45, 2.75) is 4.90 Å². The molecule has 4 aromatic rings. The Balaban J connectivity index is 0.00000342. The minimum Gasteiger partial charge on any atom is -0.497 e. The van der Waals surface area contributed by atoms with Crippen LogP contribution in [0.15, 0.2) is 65.6 Å². The fraction of sp³-hybridized carbons (Fsp3) is 0.130. The van der Waals surface area contributed by atoms with E-state index in [4.69, 9.17) is 21.1 Å². The molecule has 0 aliphatic heterocycles. The van der Waals surface area contributed by atoms with Gasteiger partial charge in [-0.2, -0.15) is 4.98 Å². The van der Waals surface area contributed by atoms with E-state index in [1.54, 1.807) is 48.0 Å². The number of amides is 1.